The molecule has 0 radical (unpaired) electrons. The normalized spacial score (nSPS) is 28.8. The Morgan fingerprint density at radius 2 is 2.08 bits per heavy atom. The van der Waals surface area contributed by atoms with Gasteiger partial charge in [-0.1, -0.05) is 6.42 Å². The van der Waals surface area contributed by atoms with Crippen molar-refractivity contribution in [2.24, 2.45) is 11.8 Å². The molecule has 76 valence electrons. The number of hydrogen-bond acceptors (Lipinski definition) is 3. The van der Waals surface area contributed by atoms with Crippen LogP contribution in [0.5, 0.6) is 0 Å². The number of rotatable bonds is 4. The highest BCUT2D eigenvalue weighted by atomic mass is 16.3. The first kappa shape index (κ1) is 11.0. The Hall–Kier alpha value is -0.0551. The first-order chi connectivity index (χ1) is 6.22. The Morgan fingerprint density at radius 1 is 1.38 bits per heavy atom. The average Bonchev–Trinajstić information content (AvgIpc) is 2.15. The summed E-state index contributed by atoms with van der Waals surface area (Å²) in [5.74, 6) is 1.13. The third kappa shape index (κ3) is 4.11. The van der Waals surface area contributed by atoms with Crippen LogP contribution in [0.15, 0.2) is 0 Å². The molecule has 3 nitrogen and oxygen atoms in total. The van der Waals surface area contributed by atoms with Gasteiger partial charge in [-0.15, -0.1) is 0 Å². The Labute approximate surface area is 80.7 Å². The van der Waals surface area contributed by atoms with Gasteiger partial charge in [-0.2, -0.15) is 0 Å². The number of aliphatic hydroxyl groups is 1. The fourth-order valence-corrected chi connectivity index (χ4v) is 2.09. The van der Waals surface area contributed by atoms with Crippen molar-refractivity contribution in [3.63, 3.8) is 0 Å². The summed E-state index contributed by atoms with van der Waals surface area (Å²) in [7, 11) is -0.408. The van der Waals surface area contributed by atoms with Crippen molar-refractivity contribution in [3.8, 4) is 0 Å². The van der Waals surface area contributed by atoms with Gasteiger partial charge < -0.3 is 15.4 Å². The van der Waals surface area contributed by atoms with Crippen molar-refractivity contribution in [2.45, 2.75) is 32.5 Å². The first-order valence-corrected chi connectivity index (χ1v) is 5.24. The topological polar surface area (TPSA) is 52.5 Å². The van der Waals surface area contributed by atoms with Crippen LogP contribution in [0.4, 0.5) is 0 Å². The van der Waals surface area contributed by atoms with Crippen molar-refractivity contribution >= 4 is 7.05 Å². The van der Waals surface area contributed by atoms with Crippen molar-refractivity contribution in [2.75, 3.05) is 13.2 Å². The highest BCUT2D eigenvalue weighted by molar-refractivity contribution is 6.45. The van der Waals surface area contributed by atoms with Crippen LogP contribution in [-0.4, -0.2) is 30.3 Å². The number of aliphatic hydroxyl groups excluding tert-OH is 1. The maximum absolute atomic E-state index is 9.05. The second-order valence-electron chi connectivity index (χ2n) is 4.17. The molecular weight excluding hydrogens is 165 g/mol. The van der Waals surface area contributed by atoms with E-state index in [0.29, 0.717) is 18.4 Å². The van der Waals surface area contributed by atoms with E-state index in [-0.39, 0.29) is 0 Å². The molecule has 0 bridgehead atoms. The lowest BCUT2D eigenvalue weighted by molar-refractivity contribution is 0.161. The molecular formula is C9H20BNO2. The van der Waals surface area contributed by atoms with Crippen LogP contribution in [0.3, 0.4) is 0 Å². The monoisotopic (exact) mass is 185 g/mol. The second-order valence-corrected chi connectivity index (χ2v) is 4.17. The van der Waals surface area contributed by atoms with Gasteiger partial charge in [0.25, 0.3) is 0 Å². The lowest BCUT2D eigenvalue weighted by Crippen LogP contribution is -2.36. The van der Waals surface area contributed by atoms with Crippen LogP contribution < -0.4 is 5.23 Å². The largest absolute Gasteiger partial charge is 0.437 e. The highest BCUT2D eigenvalue weighted by Gasteiger charge is 2.21. The molecule has 2 atom stereocenters. The van der Waals surface area contributed by atoms with Crippen LogP contribution in [0.25, 0.3) is 0 Å². The molecule has 0 aromatic carbocycles. The molecule has 0 heterocycles. The zero-order chi connectivity index (χ0) is 9.68. The van der Waals surface area contributed by atoms with Gasteiger partial charge in [0.1, 0.15) is 0 Å². The van der Waals surface area contributed by atoms with Gasteiger partial charge in [0.15, 0.2) is 0 Å². The van der Waals surface area contributed by atoms with Crippen molar-refractivity contribution in [1.29, 1.82) is 0 Å². The van der Waals surface area contributed by atoms with Gasteiger partial charge in [-0.25, -0.2) is 0 Å². The maximum atomic E-state index is 9.05. The molecule has 0 unspecified atom stereocenters. The summed E-state index contributed by atoms with van der Waals surface area (Å²) in [6.45, 7) is 2.95. The standard InChI is InChI=1S/C9H20BNO2/c1-10(13)11-6-8-3-2-4-9(5-8)7-12/h8-9,11-13H,2-7H2,1H3/t8-,9+/m0/s1. The molecule has 0 aromatic rings. The van der Waals surface area contributed by atoms with E-state index in [1.54, 1.807) is 6.82 Å². The molecule has 1 rings (SSSR count). The van der Waals surface area contributed by atoms with E-state index in [9.17, 15) is 0 Å². The molecule has 1 fully saturated rings. The molecule has 0 spiro atoms. The highest BCUT2D eigenvalue weighted by Crippen LogP contribution is 2.27. The zero-order valence-electron chi connectivity index (χ0n) is 8.37. The van der Waals surface area contributed by atoms with E-state index >= 15 is 0 Å². The molecule has 1 aliphatic carbocycles. The van der Waals surface area contributed by atoms with Crippen LogP contribution in [-0.2, 0) is 0 Å². The summed E-state index contributed by atoms with van der Waals surface area (Å²) in [6.07, 6.45) is 4.73. The second kappa shape index (κ2) is 5.63. The Balaban J connectivity index is 2.18. The molecule has 0 aliphatic heterocycles. The SMILES string of the molecule is CB(O)NC[C@H]1CCC[C@@H](CO)C1. The van der Waals surface area contributed by atoms with Crippen molar-refractivity contribution in [3.05, 3.63) is 0 Å². The van der Waals surface area contributed by atoms with Crippen LogP contribution in [0.1, 0.15) is 25.7 Å². The minimum atomic E-state index is -0.408. The van der Waals surface area contributed by atoms with Gasteiger partial charge >= 0.3 is 7.05 Å². The van der Waals surface area contributed by atoms with E-state index in [1.165, 1.54) is 19.3 Å². The predicted molar refractivity (Wildman–Crippen MR) is 54.4 cm³/mol. The maximum Gasteiger partial charge on any atom is 0.373 e. The van der Waals surface area contributed by atoms with E-state index < -0.39 is 7.05 Å². The fourth-order valence-electron chi connectivity index (χ4n) is 2.09. The third-order valence-electron chi connectivity index (χ3n) is 2.85. The Morgan fingerprint density at radius 3 is 2.69 bits per heavy atom. The summed E-state index contributed by atoms with van der Waals surface area (Å²) in [5.41, 5.74) is 0. The third-order valence-corrected chi connectivity index (χ3v) is 2.85. The minimum Gasteiger partial charge on any atom is -0.437 e. The Kier molecular flexibility index (Phi) is 4.77. The van der Waals surface area contributed by atoms with Gasteiger partial charge in [0.2, 0.25) is 0 Å². The number of hydrogen-bond donors (Lipinski definition) is 3. The molecule has 1 aliphatic rings. The van der Waals surface area contributed by atoms with E-state index in [4.69, 9.17) is 10.1 Å². The number of nitrogens with one attached hydrogen (secondary N) is 1. The predicted octanol–water partition coefficient (Wildman–Crippen LogP) is 0.485. The zero-order valence-corrected chi connectivity index (χ0v) is 8.37. The van der Waals surface area contributed by atoms with Crippen LogP contribution in [0.2, 0.25) is 6.82 Å². The fraction of sp³-hybridized carbons (Fsp3) is 1.00. The molecule has 0 aromatic heterocycles. The molecule has 0 amide bonds. The van der Waals surface area contributed by atoms with E-state index in [0.717, 1.165) is 13.0 Å². The molecule has 0 saturated heterocycles. The van der Waals surface area contributed by atoms with Crippen molar-refractivity contribution in [1.82, 2.24) is 5.23 Å². The molecule has 4 heteroatoms. The molecule has 3 N–H and O–H groups in total. The van der Waals surface area contributed by atoms with Gasteiger partial charge in [0.05, 0.1) is 0 Å². The quantitative estimate of drug-likeness (QED) is 0.558. The van der Waals surface area contributed by atoms with E-state index in [1.807, 2.05) is 0 Å². The molecule has 1 saturated carbocycles. The minimum absolute atomic E-state index is 0.325. The smallest absolute Gasteiger partial charge is 0.373 e. The molecule has 13 heavy (non-hydrogen) atoms. The van der Waals surface area contributed by atoms with Crippen LogP contribution in [0, 0.1) is 11.8 Å². The Bertz CT molecular complexity index is 144. The summed E-state index contributed by atoms with van der Waals surface area (Å²) in [5, 5.41) is 21.1. The van der Waals surface area contributed by atoms with Gasteiger partial charge in [-0.3, -0.25) is 0 Å². The van der Waals surface area contributed by atoms with Gasteiger partial charge in [0, 0.05) is 6.61 Å². The van der Waals surface area contributed by atoms with Gasteiger partial charge in [-0.05, 0) is 44.5 Å². The first-order valence-electron chi connectivity index (χ1n) is 5.24. The van der Waals surface area contributed by atoms with Crippen molar-refractivity contribution < 1.29 is 10.1 Å². The van der Waals surface area contributed by atoms with E-state index in [2.05, 4.69) is 5.23 Å². The lowest BCUT2D eigenvalue weighted by Gasteiger charge is -2.28. The summed E-state index contributed by atoms with van der Waals surface area (Å²) in [4.78, 5) is 0. The van der Waals surface area contributed by atoms with Crippen LogP contribution >= 0.6 is 0 Å². The summed E-state index contributed by atoms with van der Waals surface area (Å²) < 4.78 is 0. The summed E-state index contributed by atoms with van der Waals surface area (Å²) >= 11 is 0. The lowest BCUT2D eigenvalue weighted by atomic mass is 9.80. The summed E-state index contributed by atoms with van der Waals surface area (Å²) in [6, 6.07) is 0. The average molecular weight is 185 g/mol.